The summed E-state index contributed by atoms with van der Waals surface area (Å²) in [6, 6.07) is 9.60. The maximum absolute atomic E-state index is 12.5. The number of nitrogens with zero attached hydrogens (tertiary/aromatic N) is 3. The molecule has 1 aromatic heterocycles. The van der Waals surface area contributed by atoms with E-state index in [1.807, 2.05) is 4.90 Å². The van der Waals surface area contributed by atoms with Gasteiger partial charge in [0, 0.05) is 31.7 Å². The second-order valence-corrected chi connectivity index (χ2v) is 5.91. The molecule has 27 heavy (non-hydrogen) atoms. The Hall–Kier alpha value is -2.97. The van der Waals surface area contributed by atoms with E-state index >= 15 is 0 Å². The third-order valence-electron chi connectivity index (χ3n) is 4.18. The first kappa shape index (κ1) is 18.8. The Bertz CT molecular complexity index is 771. The van der Waals surface area contributed by atoms with Gasteiger partial charge in [-0.1, -0.05) is 0 Å². The number of hydrogen-bond donors (Lipinski definition) is 0. The van der Waals surface area contributed by atoms with Crippen molar-refractivity contribution in [2.45, 2.75) is 6.36 Å². The maximum Gasteiger partial charge on any atom is 0.573 e. The normalized spacial score (nSPS) is 14.8. The van der Waals surface area contributed by atoms with Crippen molar-refractivity contribution >= 4 is 11.7 Å². The van der Waals surface area contributed by atoms with Gasteiger partial charge < -0.3 is 19.3 Å². The molecule has 0 spiro atoms. The summed E-state index contributed by atoms with van der Waals surface area (Å²) >= 11 is 0. The van der Waals surface area contributed by atoms with Gasteiger partial charge in [0.1, 0.15) is 17.3 Å². The first-order chi connectivity index (χ1) is 12.9. The van der Waals surface area contributed by atoms with Crippen LogP contribution < -0.4 is 14.4 Å². The summed E-state index contributed by atoms with van der Waals surface area (Å²) in [6.45, 7) is 2.06. The van der Waals surface area contributed by atoms with Gasteiger partial charge in [-0.2, -0.15) is 0 Å². The molecular weight excluding hydrogens is 363 g/mol. The number of piperazine rings is 1. The molecule has 1 aliphatic heterocycles. The van der Waals surface area contributed by atoms with Crippen LogP contribution in [0.5, 0.6) is 11.5 Å². The van der Waals surface area contributed by atoms with Crippen molar-refractivity contribution in [3.05, 3.63) is 48.2 Å². The van der Waals surface area contributed by atoms with Gasteiger partial charge in [-0.25, -0.2) is 4.98 Å². The smallest absolute Gasteiger partial charge is 0.497 e. The molecule has 1 fully saturated rings. The van der Waals surface area contributed by atoms with Crippen LogP contribution in [-0.4, -0.2) is 55.4 Å². The number of pyridine rings is 1. The number of hydrogen-bond acceptors (Lipinski definition) is 5. The van der Waals surface area contributed by atoms with Crippen LogP contribution in [-0.2, 0) is 0 Å². The number of aromatic nitrogens is 1. The number of carbonyl (C=O) groups is 1. The van der Waals surface area contributed by atoms with Crippen LogP contribution in [0.15, 0.2) is 42.6 Å². The van der Waals surface area contributed by atoms with E-state index in [2.05, 4.69) is 9.72 Å². The Morgan fingerprint density at radius 3 is 2.15 bits per heavy atom. The molecule has 2 heterocycles. The molecule has 9 heteroatoms. The highest BCUT2D eigenvalue weighted by Crippen LogP contribution is 2.24. The molecule has 0 aliphatic carbocycles. The molecular formula is C18H18F3N3O3. The van der Waals surface area contributed by atoms with Gasteiger partial charge in [-0.15, -0.1) is 13.2 Å². The molecule has 1 aliphatic rings. The first-order valence-electron chi connectivity index (χ1n) is 8.26. The molecule has 3 rings (SSSR count). The second kappa shape index (κ2) is 7.73. The molecule has 1 amide bonds. The predicted octanol–water partition coefficient (Wildman–Crippen LogP) is 2.95. The Kier molecular flexibility index (Phi) is 5.38. The molecule has 1 saturated heterocycles. The van der Waals surface area contributed by atoms with Crippen LogP contribution in [0.4, 0.5) is 19.0 Å². The fourth-order valence-electron chi connectivity index (χ4n) is 2.81. The molecule has 2 aromatic rings. The van der Waals surface area contributed by atoms with Crippen molar-refractivity contribution in [3.63, 3.8) is 0 Å². The van der Waals surface area contributed by atoms with Crippen molar-refractivity contribution in [2.24, 2.45) is 0 Å². The zero-order chi connectivity index (χ0) is 19.4. The van der Waals surface area contributed by atoms with Gasteiger partial charge in [0.25, 0.3) is 5.91 Å². The average Bonchev–Trinajstić information content (AvgIpc) is 2.67. The number of ether oxygens (including phenoxy) is 2. The molecule has 0 N–H and O–H groups in total. The molecule has 0 unspecified atom stereocenters. The monoisotopic (exact) mass is 381 g/mol. The van der Waals surface area contributed by atoms with E-state index in [0.717, 1.165) is 6.20 Å². The lowest BCUT2D eigenvalue weighted by Gasteiger charge is -2.35. The fraction of sp³-hybridized carbons (Fsp3) is 0.333. The van der Waals surface area contributed by atoms with Crippen molar-refractivity contribution in [3.8, 4) is 11.5 Å². The number of alkyl halides is 3. The number of anilines is 1. The van der Waals surface area contributed by atoms with Gasteiger partial charge in [0.15, 0.2) is 0 Å². The minimum absolute atomic E-state index is 0.0702. The van der Waals surface area contributed by atoms with Gasteiger partial charge in [0.2, 0.25) is 0 Å². The minimum atomic E-state index is -4.74. The highest BCUT2D eigenvalue weighted by atomic mass is 19.4. The molecule has 144 valence electrons. The van der Waals surface area contributed by atoms with E-state index in [1.54, 1.807) is 36.3 Å². The minimum Gasteiger partial charge on any atom is -0.497 e. The Morgan fingerprint density at radius 2 is 1.63 bits per heavy atom. The van der Waals surface area contributed by atoms with Crippen molar-refractivity contribution in [1.82, 2.24) is 9.88 Å². The zero-order valence-corrected chi connectivity index (χ0v) is 14.6. The summed E-state index contributed by atoms with van der Waals surface area (Å²) in [6.07, 6.45) is -3.70. The summed E-state index contributed by atoms with van der Waals surface area (Å²) in [7, 11) is 1.56. The molecule has 1 aromatic carbocycles. The first-order valence-corrected chi connectivity index (χ1v) is 8.26. The molecule has 6 nitrogen and oxygen atoms in total. The van der Waals surface area contributed by atoms with Crippen LogP contribution in [0.3, 0.4) is 0 Å². The summed E-state index contributed by atoms with van der Waals surface area (Å²) in [5.41, 5.74) is 0.580. The van der Waals surface area contributed by atoms with E-state index in [1.165, 1.54) is 12.1 Å². The van der Waals surface area contributed by atoms with Crippen LogP contribution in [0, 0.1) is 0 Å². The lowest BCUT2D eigenvalue weighted by molar-refractivity contribution is -0.274. The number of carbonyl (C=O) groups excluding carboxylic acids is 1. The van der Waals surface area contributed by atoms with E-state index < -0.39 is 6.36 Å². The van der Waals surface area contributed by atoms with E-state index in [4.69, 9.17) is 4.74 Å². The number of benzene rings is 1. The number of rotatable bonds is 4. The number of amides is 1. The number of methoxy groups -OCH3 is 1. The lowest BCUT2D eigenvalue weighted by Crippen LogP contribution is -2.49. The zero-order valence-electron chi connectivity index (χ0n) is 14.6. The van der Waals surface area contributed by atoms with E-state index in [-0.39, 0.29) is 11.7 Å². The third-order valence-corrected chi connectivity index (χ3v) is 4.18. The topological polar surface area (TPSA) is 54.9 Å². The largest absolute Gasteiger partial charge is 0.573 e. The van der Waals surface area contributed by atoms with E-state index in [0.29, 0.717) is 43.3 Å². The second-order valence-electron chi connectivity index (χ2n) is 5.91. The van der Waals surface area contributed by atoms with Gasteiger partial charge in [-0.05, 0) is 36.4 Å². The van der Waals surface area contributed by atoms with Crippen molar-refractivity contribution < 1.29 is 27.4 Å². The van der Waals surface area contributed by atoms with Crippen LogP contribution in [0.2, 0.25) is 0 Å². The van der Waals surface area contributed by atoms with Crippen LogP contribution in [0.25, 0.3) is 0 Å². The molecule has 0 saturated carbocycles. The molecule has 0 atom stereocenters. The highest BCUT2D eigenvalue weighted by molar-refractivity contribution is 5.94. The summed E-state index contributed by atoms with van der Waals surface area (Å²) in [5.74, 6) is 0.792. The summed E-state index contributed by atoms with van der Waals surface area (Å²) in [5, 5.41) is 0. The SMILES string of the molecule is COc1ccc(C(=O)N2CCN(c3ccc(OC(F)(F)F)cn3)CC2)cc1. The summed E-state index contributed by atoms with van der Waals surface area (Å²) < 4.78 is 45.5. The quantitative estimate of drug-likeness (QED) is 0.815. The standard InChI is InChI=1S/C18H18F3N3O3/c1-26-14-4-2-13(3-5-14)17(25)24-10-8-23(9-11-24)16-7-6-15(12-22-16)27-18(19,20)21/h2-7,12H,8-11H2,1H3. The van der Waals surface area contributed by atoms with Crippen LogP contribution in [0.1, 0.15) is 10.4 Å². The van der Waals surface area contributed by atoms with Gasteiger partial charge >= 0.3 is 6.36 Å². The highest BCUT2D eigenvalue weighted by Gasteiger charge is 2.31. The Labute approximate surface area is 154 Å². The Morgan fingerprint density at radius 1 is 1.00 bits per heavy atom. The lowest BCUT2D eigenvalue weighted by atomic mass is 10.1. The molecule has 0 bridgehead atoms. The predicted molar refractivity (Wildman–Crippen MR) is 92.0 cm³/mol. The molecule has 0 radical (unpaired) electrons. The average molecular weight is 381 g/mol. The van der Waals surface area contributed by atoms with Crippen LogP contribution >= 0.6 is 0 Å². The summed E-state index contributed by atoms with van der Waals surface area (Å²) in [4.78, 5) is 20.2. The van der Waals surface area contributed by atoms with Gasteiger partial charge in [-0.3, -0.25) is 4.79 Å². The van der Waals surface area contributed by atoms with Gasteiger partial charge in [0.05, 0.1) is 13.3 Å². The van der Waals surface area contributed by atoms with E-state index in [9.17, 15) is 18.0 Å². The third kappa shape index (κ3) is 4.81. The maximum atomic E-state index is 12.5. The van der Waals surface area contributed by atoms with Crippen molar-refractivity contribution in [1.29, 1.82) is 0 Å². The fourth-order valence-corrected chi connectivity index (χ4v) is 2.81. The number of halogens is 3. The Balaban J connectivity index is 1.57. The van der Waals surface area contributed by atoms with Crippen molar-refractivity contribution in [2.75, 3.05) is 38.2 Å².